The van der Waals surface area contributed by atoms with Gasteiger partial charge in [0.15, 0.2) is 0 Å². The summed E-state index contributed by atoms with van der Waals surface area (Å²) in [5, 5.41) is 9.43. The molecule has 2 aliphatic rings. The first-order valence-electron chi connectivity index (χ1n) is 3.58. The molecule has 2 saturated carbocycles. The van der Waals surface area contributed by atoms with Crippen molar-refractivity contribution in [2.24, 2.45) is 5.92 Å². The zero-order valence-electron chi connectivity index (χ0n) is 5.31. The number of alkyl halides is 1. The number of hydrogen-bond donors (Lipinski definition) is 1. The Labute approximate surface area is 63.6 Å². The smallest absolute Gasteiger partial charge is 0.0696 e. The second kappa shape index (κ2) is 1.73. The van der Waals surface area contributed by atoms with Gasteiger partial charge in [0, 0.05) is 0 Å². The van der Waals surface area contributed by atoms with Gasteiger partial charge < -0.3 is 5.11 Å². The van der Waals surface area contributed by atoms with Crippen LogP contribution in [0.25, 0.3) is 0 Å². The van der Waals surface area contributed by atoms with E-state index in [1.165, 1.54) is 19.3 Å². The number of hydrogen-bond acceptors (Lipinski definition) is 1. The molecule has 2 heteroatoms. The molecule has 0 amide bonds. The number of aliphatic hydroxyl groups is 1. The molecule has 0 aromatic heterocycles. The van der Waals surface area contributed by atoms with Crippen molar-refractivity contribution < 1.29 is 5.11 Å². The molecule has 0 unspecified atom stereocenters. The zero-order valence-corrected chi connectivity index (χ0v) is 6.89. The van der Waals surface area contributed by atoms with Gasteiger partial charge in [-0.2, -0.15) is 0 Å². The molecule has 2 rings (SSSR count). The minimum atomic E-state index is -0.0590. The van der Waals surface area contributed by atoms with Crippen LogP contribution in [-0.2, 0) is 0 Å². The first-order chi connectivity index (χ1) is 4.21. The van der Waals surface area contributed by atoms with Gasteiger partial charge in [-0.25, -0.2) is 0 Å². The second-order valence-corrected chi connectivity index (χ2v) is 4.97. The third-order valence-electron chi connectivity index (χ3n) is 2.75. The predicted molar refractivity (Wildman–Crippen MR) is 39.6 cm³/mol. The van der Waals surface area contributed by atoms with Gasteiger partial charge in [0.2, 0.25) is 0 Å². The first kappa shape index (κ1) is 6.17. The number of fused-ring (bicyclic) bond motifs is 2. The van der Waals surface area contributed by atoms with Crippen LogP contribution < -0.4 is 0 Å². The highest BCUT2D eigenvalue weighted by molar-refractivity contribution is 9.10. The zero-order chi connectivity index (χ0) is 6.48. The molecule has 0 aliphatic heterocycles. The van der Waals surface area contributed by atoms with E-state index in [4.69, 9.17) is 0 Å². The fourth-order valence-corrected chi connectivity index (χ4v) is 3.03. The van der Waals surface area contributed by atoms with Gasteiger partial charge in [-0.3, -0.25) is 0 Å². The van der Waals surface area contributed by atoms with Crippen LogP contribution in [0, 0.1) is 5.92 Å². The topological polar surface area (TPSA) is 20.2 Å². The fourth-order valence-electron chi connectivity index (χ4n) is 2.16. The van der Waals surface area contributed by atoms with Crippen molar-refractivity contribution in [3.63, 3.8) is 0 Å². The Hall–Kier alpha value is 0.440. The molecule has 2 bridgehead atoms. The summed E-state index contributed by atoms with van der Waals surface area (Å²) in [6, 6.07) is 0. The van der Waals surface area contributed by atoms with Crippen molar-refractivity contribution in [3.8, 4) is 0 Å². The molecule has 52 valence electrons. The Kier molecular flexibility index (Phi) is 1.18. The highest BCUT2D eigenvalue weighted by Crippen LogP contribution is 2.52. The van der Waals surface area contributed by atoms with E-state index in [0.29, 0.717) is 0 Å². The van der Waals surface area contributed by atoms with Crippen LogP contribution in [0.15, 0.2) is 0 Å². The predicted octanol–water partition coefficient (Wildman–Crippen LogP) is 1.68. The summed E-state index contributed by atoms with van der Waals surface area (Å²) in [6.45, 7) is 0. The third-order valence-corrected chi connectivity index (χ3v) is 4.00. The highest BCUT2D eigenvalue weighted by Gasteiger charge is 2.49. The molecule has 3 atom stereocenters. The Morgan fingerprint density at radius 1 is 1.56 bits per heavy atom. The summed E-state index contributed by atoms with van der Waals surface area (Å²) in [5.74, 6) is 0.819. The van der Waals surface area contributed by atoms with E-state index in [1.54, 1.807) is 0 Å². The van der Waals surface area contributed by atoms with E-state index < -0.39 is 0 Å². The minimum absolute atomic E-state index is 0.0590. The number of rotatable bonds is 0. The maximum atomic E-state index is 9.43. The van der Waals surface area contributed by atoms with Gasteiger partial charge in [-0.1, -0.05) is 15.9 Å². The molecule has 2 aliphatic carbocycles. The quantitative estimate of drug-likeness (QED) is 0.577. The first-order valence-corrected chi connectivity index (χ1v) is 4.37. The van der Waals surface area contributed by atoms with Crippen LogP contribution in [0.5, 0.6) is 0 Å². The molecular formula is C7H11BrO. The Balaban J connectivity index is 2.22. The van der Waals surface area contributed by atoms with Crippen molar-refractivity contribution in [2.75, 3.05) is 0 Å². The van der Waals surface area contributed by atoms with Crippen LogP contribution in [0.3, 0.4) is 0 Å². The van der Waals surface area contributed by atoms with Gasteiger partial charge in [0.05, 0.1) is 10.4 Å². The monoisotopic (exact) mass is 190 g/mol. The molecule has 0 spiro atoms. The number of halogens is 1. The molecule has 1 nitrogen and oxygen atoms in total. The summed E-state index contributed by atoms with van der Waals surface area (Å²) in [6.07, 6.45) is 4.68. The highest BCUT2D eigenvalue weighted by atomic mass is 79.9. The average Bonchev–Trinajstić information content (AvgIpc) is 2.22. The summed E-state index contributed by atoms with van der Waals surface area (Å²) in [7, 11) is 0. The average molecular weight is 191 g/mol. The Morgan fingerprint density at radius 2 is 2.33 bits per heavy atom. The van der Waals surface area contributed by atoms with Crippen LogP contribution in [0.2, 0.25) is 0 Å². The van der Waals surface area contributed by atoms with Crippen molar-refractivity contribution in [3.05, 3.63) is 0 Å². The molecular weight excluding hydrogens is 180 g/mol. The second-order valence-electron chi connectivity index (χ2n) is 3.39. The Bertz CT molecular complexity index is 137. The molecule has 2 fully saturated rings. The van der Waals surface area contributed by atoms with Crippen LogP contribution >= 0.6 is 15.9 Å². The maximum absolute atomic E-state index is 9.43. The molecule has 0 aromatic carbocycles. The number of aliphatic hydroxyl groups excluding tert-OH is 1. The van der Waals surface area contributed by atoms with Crippen LogP contribution in [-0.4, -0.2) is 15.5 Å². The van der Waals surface area contributed by atoms with Gasteiger partial charge in [0.25, 0.3) is 0 Å². The minimum Gasteiger partial charge on any atom is -0.392 e. The fraction of sp³-hybridized carbons (Fsp3) is 1.00. The lowest BCUT2D eigenvalue weighted by Crippen LogP contribution is -2.29. The molecule has 1 N–H and O–H groups in total. The summed E-state index contributed by atoms with van der Waals surface area (Å²) >= 11 is 3.60. The third kappa shape index (κ3) is 0.761. The standard InChI is InChI=1S/C7H11BrO/c8-7-2-1-5(4-7)3-6(7)9/h5-6,9H,1-4H2/t5-,6+,7+/m1/s1. The largest absolute Gasteiger partial charge is 0.392 e. The van der Waals surface area contributed by atoms with Crippen molar-refractivity contribution in [2.45, 2.75) is 36.1 Å². The van der Waals surface area contributed by atoms with Gasteiger partial charge in [-0.15, -0.1) is 0 Å². The summed E-state index contributed by atoms with van der Waals surface area (Å²) in [5.41, 5.74) is 0. The van der Waals surface area contributed by atoms with Crippen molar-refractivity contribution in [1.82, 2.24) is 0 Å². The van der Waals surface area contributed by atoms with E-state index in [-0.39, 0.29) is 10.4 Å². The van der Waals surface area contributed by atoms with E-state index in [2.05, 4.69) is 15.9 Å². The molecule has 0 heterocycles. The van der Waals surface area contributed by atoms with Crippen LogP contribution in [0.4, 0.5) is 0 Å². The van der Waals surface area contributed by atoms with E-state index in [9.17, 15) is 5.11 Å². The summed E-state index contributed by atoms with van der Waals surface area (Å²) < 4.78 is 0.137. The molecule has 9 heavy (non-hydrogen) atoms. The van der Waals surface area contributed by atoms with Gasteiger partial charge in [-0.05, 0) is 31.6 Å². The lowest BCUT2D eigenvalue weighted by atomic mass is 9.98. The van der Waals surface area contributed by atoms with Gasteiger partial charge in [0.1, 0.15) is 0 Å². The molecule has 0 aromatic rings. The maximum Gasteiger partial charge on any atom is 0.0696 e. The molecule has 0 saturated heterocycles. The summed E-state index contributed by atoms with van der Waals surface area (Å²) in [4.78, 5) is 0. The van der Waals surface area contributed by atoms with E-state index in [1.807, 2.05) is 0 Å². The SMILES string of the molecule is O[C@H]1C[C@H]2CC[C@]1(Br)C2. The van der Waals surface area contributed by atoms with E-state index >= 15 is 0 Å². The van der Waals surface area contributed by atoms with Crippen LogP contribution in [0.1, 0.15) is 25.7 Å². The normalized spacial score (nSPS) is 56.7. The van der Waals surface area contributed by atoms with Crippen molar-refractivity contribution in [1.29, 1.82) is 0 Å². The lowest BCUT2D eigenvalue weighted by Gasteiger charge is -2.24. The molecule has 0 radical (unpaired) electrons. The lowest BCUT2D eigenvalue weighted by molar-refractivity contribution is 0.132. The Morgan fingerprint density at radius 3 is 2.56 bits per heavy atom. The van der Waals surface area contributed by atoms with E-state index in [0.717, 1.165) is 12.3 Å². The van der Waals surface area contributed by atoms with Crippen molar-refractivity contribution >= 4 is 15.9 Å². The van der Waals surface area contributed by atoms with Gasteiger partial charge >= 0.3 is 0 Å².